The van der Waals surface area contributed by atoms with Crippen LogP contribution in [0.15, 0.2) is 0 Å². The summed E-state index contributed by atoms with van der Waals surface area (Å²) in [7, 11) is -3.48. The van der Waals surface area contributed by atoms with Gasteiger partial charge in [-0.1, -0.05) is 0 Å². The van der Waals surface area contributed by atoms with Crippen molar-refractivity contribution in [1.82, 2.24) is 5.32 Å². The number of carboxylic acid groups (broad SMARTS) is 1. The molecule has 0 aromatic heterocycles. The van der Waals surface area contributed by atoms with Crippen LogP contribution in [0.2, 0.25) is 0 Å². The van der Waals surface area contributed by atoms with E-state index in [-0.39, 0.29) is 6.42 Å². The van der Waals surface area contributed by atoms with E-state index in [1.54, 1.807) is 0 Å². The standard InChI is InChI=1S/C5H12N2O3S.C2H4O2/c6-11(9,10)5-1-4(8)2-7-3-5;1-2(3)4/h4-5,7-8H,1-3H2,(H2,6,9,10);1H3,(H,3,4)/t4-,5-;/m0./s1. The lowest BCUT2D eigenvalue weighted by Gasteiger charge is -2.24. The Balaban J connectivity index is 0.000000423. The number of hydrogen-bond donors (Lipinski definition) is 4. The maximum atomic E-state index is 10.8. The van der Waals surface area contributed by atoms with E-state index in [0.717, 1.165) is 6.92 Å². The van der Waals surface area contributed by atoms with Gasteiger partial charge in [0.05, 0.1) is 11.4 Å². The number of nitrogens with two attached hydrogens (primary N) is 1. The third kappa shape index (κ3) is 7.25. The van der Waals surface area contributed by atoms with Gasteiger partial charge in [0, 0.05) is 20.0 Å². The molecule has 0 bridgehead atoms. The molecule has 2 atom stereocenters. The average Bonchev–Trinajstić information content (AvgIpc) is 2.01. The van der Waals surface area contributed by atoms with Crippen LogP contribution in [0.5, 0.6) is 0 Å². The molecule has 0 unspecified atom stereocenters. The molecule has 0 radical (unpaired) electrons. The summed E-state index contributed by atoms with van der Waals surface area (Å²) in [6, 6.07) is 0. The normalized spacial score (nSPS) is 26.3. The van der Waals surface area contributed by atoms with Crippen molar-refractivity contribution in [2.24, 2.45) is 5.14 Å². The third-order valence-electron chi connectivity index (χ3n) is 1.75. The van der Waals surface area contributed by atoms with Gasteiger partial charge in [-0.25, -0.2) is 13.6 Å². The van der Waals surface area contributed by atoms with Crippen LogP contribution in [0.4, 0.5) is 0 Å². The summed E-state index contributed by atoms with van der Waals surface area (Å²) < 4.78 is 21.5. The first-order valence-corrected chi connectivity index (χ1v) is 5.94. The number of rotatable bonds is 1. The SMILES string of the molecule is CC(=O)O.NS(=O)(=O)[C@@H]1CNC[C@@H](O)C1. The summed E-state index contributed by atoms with van der Waals surface area (Å²) in [4.78, 5) is 9.00. The van der Waals surface area contributed by atoms with E-state index < -0.39 is 27.3 Å². The molecule has 0 aromatic rings. The molecule has 5 N–H and O–H groups in total. The number of nitrogens with one attached hydrogen (secondary N) is 1. The summed E-state index contributed by atoms with van der Waals surface area (Å²) in [6.07, 6.45) is -0.349. The monoisotopic (exact) mass is 240 g/mol. The molecule has 0 spiro atoms. The minimum atomic E-state index is -3.48. The van der Waals surface area contributed by atoms with Crippen LogP contribution in [-0.2, 0) is 14.8 Å². The van der Waals surface area contributed by atoms with Crippen LogP contribution >= 0.6 is 0 Å². The highest BCUT2D eigenvalue weighted by molar-refractivity contribution is 7.89. The van der Waals surface area contributed by atoms with Crippen molar-refractivity contribution >= 4 is 16.0 Å². The van der Waals surface area contributed by atoms with Gasteiger partial charge >= 0.3 is 0 Å². The molecule has 0 aliphatic carbocycles. The van der Waals surface area contributed by atoms with Gasteiger partial charge in [0.2, 0.25) is 10.0 Å². The van der Waals surface area contributed by atoms with Crippen LogP contribution in [-0.4, -0.2) is 49.0 Å². The highest BCUT2D eigenvalue weighted by Gasteiger charge is 2.27. The number of hydrogen-bond acceptors (Lipinski definition) is 5. The molecular formula is C7H16N2O5S. The van der Waals surface area contributed by atoms with E-state index in [9.17, 15) is 8.42 Å². The largest absolute Gasteiger partial charge is 0.481 e. The van der Waals surface area contributed by atoms with Crippen molar-refractivity contribution < 1.29 is 23.4 Å². The summed E-state index contributed by atoms with van der Waals surface area (Å²) in [5.74, 6) is -0.833. The van der Waals surface area contributed by atoms with E-state index in [0.29, 0.717) is 13.1 Å². The Labute approximate surface area is 88.3 Å². The van der Waals surface area contributed by atoms with Gasteiger partial charge in [-0.15, -0.1) is 0 Å². The number of sulfonamides is 1. The Morgan fingerprint density at radius 3 is 2.20 bits per heavy atom. The van der Waals surface area contributed by atoms with Gasteiger partial charge in [-0.3, -0.25) is 4.79 Å². The molecule has 8 heteroatoms. The van der Waals surface area contributed by atoms with Gasteiger partial charge in [0.25, 0.3) is 5.97 Å². The van der Waals surface area contributed by atoms with Crippen molar-refractivity contribution in [3.63, 3.8) is 0 Å². The first kappa shape index (κ1) is 14.3. The van der Waals surface area contributed by atoms with Gasteiger partial charge < -0.3 is 15.5 Å². The predicted octanol–water partition coefficient (Wildman–Crippen LogP) is -1.91. The van der Waals surface area contributed by atoms with Crippen molar-refractivity contribution in [2.75, 3.05) is 13.1 Å². The summed E-state index contributed by atoms with van der Waals surface area (Å²) in [5.41, 5.74) is 0. The topological polar surface area (TPSA) is 130 Å². The summed E-state index contributed by atoms with van der Waals surface area (Å²) >= 11 is 0. The number of carboxylic acids is 1. The smallest absolute Gasteiger partial charge is 0.300 e. The fourth-order valence-corrected chi connectivity index (χ4v) is 1.97. The van der Waals surface area contributed by atoms with Crippen LogP contribution in [0.1, 0.15) is 13.3 Å². The van der Waals surface area contributed by atoms with E-state index in [4.69, 9.17) is 20.1 Å². The second-order valence-electron chi connectivity index (χ2n) is 3.28. The van der Waals surface area contributed by atoms with Crippen molar-refractivity contribution in [2.45, 2.75) is 24.7 Å². The zero-order chi connectivity index (χ0) is 12.1. The number of aliphatic hydroxyl groups excluding tert-OH is 1. The van der Waals surface area contributed by atoms with Crippen LogP contribution in [0, 0.1) is 0 Å². The molecule has 1 aliphatic heterocycles. The van der Waals surface area contributed by atoms with Crippen LogP contribution in [0.25, 0.3) is 0 Å². The molecular weight excluding hydrogens is 224 g/mol. The lowest BCUT2D eigenvalue weighted by atomic mass is 10.1. The number of carbonyl (C=O) groups is 1. The van der Waals surface area contributed by atoms with Gasteiger partial charge in [0.15, 0.2) is 0 Å². The second-order valence-corrected chi connectivity index (χ2v) is 5.12. The maximum Gasteiger partial charge on any atom is 0.300 e. The molecule has 0 amide bonds. The van der Waals surface area contributed by atoms with E-state index >= 15 is 0 Å². The molecule has 1 fully saturated rings. The number of aliphatic hydroxyl groups is 1. The molecule has 1 rings (SSSR count). The Kier molecular flexibility index (Phi) is 5.73. The Morgan fingerprint density at radius 2 is 1.93 bits per heavy atom. The highest BCUT2D eigenvalue weighted by atomic mass is 32.2. The van der Waals surface area contributed by atoms with Crippen molar-refractivity contribution in [3.05, 3.63) is 0 Å². The summed E-state index contributed by atoms with van der Waals surface area (Å²) in [6.45, 7) is 1.88. The Bertz CT molecular complexity index is 299. The first-order chi connectivity index (χ1) is 6.73. The third-order valence-corrected chi connectivity index (χ3v) is 3.04. The quantitative estimate of drug-likeness (QED) is 0.423. The van der Waals surface area contributed by atoms with E-state index in [1.807, 2.05) is 0 Å². The molecule has 1 heterocycles. The number of piperidine rings is 1. The van der Waals surface area contributed by atoms with Crippen molar-refractivity contribution in [1.29, 1.82) is 0 Å². The molecule has 90 valence electrons. The van der Waals surface area contributed by atoms with Gasteiger partial charge in [-0.2, -0.15) is 0 Å². The molecule has 0 aromatic carbocycles. The van der Waals surface area contributed by atoms with Gasteiger partial charge in [-0.05, 0) is 6.42 Å². The van der Waals surface area contributed by atoms with Crippen molar-refractivity contribution in [3.8, 4) is 0 Å². The zero-order valence-corrected chi connectivity index (χ0v) is 9.20. The molecule has 7 nitrogen and oxygen atoms in total. The zero-order valence-electron chi connectivity index (χ0n) is 8.38. The Morgan fingerprint density at radius 1 is 1.47 bits per heavy atom. The molecule has 0 saturated carbocycles. The van der Waals surface area contributed by atoms with E-state index in [2.05, 4.69) is 5.32 Å². The average molecular weight is 240 g/mol. The molecule has 1 aliphatic rings. The minimum absolute atomic E-state index is 0.242. The number of aliphatic carboxylic acids is 1. The van der Waals surface area contributed by atoms with Crippen LogP contribution < -0.4 is 10.5 Å². The fraction of sp³-hybridized carbons (Fsp3) is 0.857. The minimum Gasteiger partial charge on any atom is -0.481 e. The lowest BCUT2D eigenvalue weighted by Crippen LogP contribution is -2.47. The first-order valence-electron chi connectivity index (χ1n) is 4.33. The van der Waals surface area contributed by atoms with Gasteiger partial charge in [0.1, 0.15) is 0 Å². The predicted molar refractivity (Wildman–Crippen MR) is 53.7 cm³/mol. The molecule has 1 saturated heterocycles. The maximum absolute atomic E-state index is 10.8. The number of primary sulfonamides is 1. The Hall–Kier alpha value is -0.700. The fourth-order valence-electron chi connectivity index (χ4n) is 1.13. The second kappa shape index (κ2) is 6.01. The lowest BCUT2D eigenvalue weighted by molar-refractivity contribution is -0.134. The summed E-state index contributed by atoms with van der Waals surface area (Å²) in [5, 5.41) is 23.5. The highest BCUT2D eigenvalue weighted by Crippen LogP contribution is 2.08. The van der Waals surface area contributed by atoms with Crippen LogP contribution in [0.3, 0.4) is 0 Å². The van der Waals surface area contributed by atoms with E-state index in [1.165, 1.54) is 0 Å². The molecule has 15 heavy (non-hydrogen) atoms. The number of β-amino-alcohol motifs (C(OH)–C–C–N with tert-alkyl or cyclic N) is 1.